The highest BCUT2D eigenvalue weighted by atomic mass is 79.9. The Morgan fingerprint density at radius 2 is 2.12 bits per heavy atom. The van der Waals surface area contributed by atoms with Crippen molar-refractivity contribution in [1.82, 2.24) is 5.32 Å². The van der Waals surface area contributed by atoms with Crippen LogP contribution >= 0.6 is 28.6 Å². The predicted octanol–water partition coefficient (Wildman–Crippen LogP) is 1.34. The van der Waals surface area contributed by atoms with Crippen molar-refractivity contribution in [2.24, 2.45) is 5.73 Å². The maximum atomic E-state index is 11.7. The summed E-state index contributed by atoms with van der Waals surface area (Å²) in [5.41, 5.74) is 5.45. The van der Waals surface area contributed by atoms with Gasteiger partial charge in [0.1, 0.15) is 6.04 Å². The van der Waals surface area contributed by atoms with Crippen LogP contribution in [0.5, 0.6) is 0 Å². The number of primary amides is 1. The van der Waals surface area contributed by atoms with Crippen molar-refractivity contribution in [3.63, 3.8) is 0 Å². The zero-order valence-corrected chi connectivity index (χ0v) is 11.0. The predicted molar refractivity (Wildman–Crippen MR) is 67.5 cm³/mol. The van der Waals surface area contributed by atoms with Crippen LogP contribution in [0, 0.1) is 0 Å². The van der Waals surface area contributed by atoms with E-state index in [0.29, 0.717) is 10.5 Å². The topological polar surface area (TPSA) is 72.2 Å². The molecular weight excluding hydrogens is 292 g/mol. The molecule has 16 heavy (non-hydrogen) atoms. The van der Waals surface area contributed by atoms with Crippen molar-refractivity contribution in [2.75, 3.05) is 0 Å². The Morgan fingerprint density at radius 1 is 1.50 bits per heavy atom. The second kappa shape index (κ2) is 5.36. The fourth-order valence-electron chi connectivity index (χ4n) is 1.04. The lowest BCUT2D eigenvalue weighted by molar-refractivity contribution is -0.119. The van der Waals surface area contributed by atoms with E-state index in [0.717, 1.165) is 4.47 Å². The highest BCUT2D eigenvalue weighted by Crippen LogP contribution is 2.19. The van der Waals surface area contributed by atoms with E-state index in [-0.39, 0.29) is 5.91 Å². The zero-order chi connectivity index (χ0) is 12.3. The van der Waals surface area contributed by atoms with E-state index >= 15 is 0 Å². The molecule has 1 atom stereocenters. The molecule has 0 fully saturated rings. The molecule has 0 bridgehead atoms. The minimum atomic E-state index is -0.705. The summed E-state index contributed by atoms with van der Waals surface area (Å²) in [7, 11) is 0. The number of nitrogens with one attached hydrogen (secondary N) is 1. The average Bonchev–Trinajstić information content (AvgIpc) is 2.16. The number of carbonyl (C=O) groups is 2. The average molecular weight is 303 g/mol. The normalized spacial score (nSPS) is 11.9. The molecule has 6 heteroatoms. The maximum Gasteiger partial charge on any atom is 0.253 e. The molecule has 0 radical (unpaired) electrons. The Hall–Kier alpha value is -1.01. The smallest absolute Gasteiger partial charge is 0.253 e. The van der Waals surface area contributed by atoms with Crippen LogP contribution in [0.4, 0.5) is 0 Å². The number of thiol groups is 1. The first kappa shape index (κ1) is 13.1. The highest BCUT2D eigenvalue weighted by molar-refractivity contribution is 9.10. The third-order valence-electron chi connectivity index (χ3n) is 1.98. The number of carbonyl (C=O) groups excluding carboxylic acids is 2. The molecule has 0 aliphatic heterocycles. The fraction of sp³-hybridized carbons (Fsp3) is 0.200. The van der Waals surface area contributed by atoms with Crippen molar-refractivity contribution >= 4 is 40.4 Å². The number of halogens is 1. The minimum absolute atomic E-state index is 0.371. The number of hydrogen-bond acceptors (Lipinski definition) is 3. The summed E-state index contributed by atoms with van der Waals surface area (Å²) >= 11 is 7.44. The van der Waals surface area contributed by atoms with Gasteiger partial charge in [0.05, 0.1) is 5.56 Å². The van der Waals surface area contributed by atoms with Crippen molar-refractivity contribution < 1.29 is 9.59 Å². The summed E-state index contributed by atoms with van der Waals surface area (Å²) < 4.78 is 0.831. The zero-order valence-electron chi connectivity index (χ0n) is 8.53. The minimum Gasteiger partial charge on any atom is -0.368 e. The van der Waals surface area contributed by atoms with Crippen LogP contribution in [-0.4, -0.2) is 17.9 Å². The van der Waals surface area contributed by atoms with Gasteiger partial charge in [0.15, 0.2) is 0 Å². The van der Waals surface area contributed by atoms with E-state index < -0.39 is 11.9 Å². The first-order valence-electron chi connectivity index (χ1n) is 4.50. The van der Waals surface area contributed by atoms with Crippen LogP contribution in [-0.2, 0) is 4.79 Å². The number of benzene rings is 1. The molecule has 1 rings (SSSR count). The van der Waals surface area contributed by atoms with Gasteiger partial charge in [0, 0.05) is 9.37 Å². The standard InChI is InChI=1S/C10H11BrN2O2S/c1-5(9(12)14)13-10(15)7-3-2-6(11)4-8(7)16/h2-5,16H,1H3,(H2,12,14)(H,13,15). The van der Waals surface area contributed by atoms with E-state index in [1.165, 1.54) is 6.92 Å². The van der Waals surface area contributed by atoms with E-state index in [9.17, 15) is 9.59 Å². The maximum absolute atomic E-state index is 11.7. The molecule has 0 heterocycles. The summed E-state index contributed by atoms with van der Waals surface area (Å²) in [5, 5.41) is 2.48. The molecule has 3 N–H and O–H groups in total. The van der Waals surface area contributed by atoms with Gasteiger partial charge in [-0.2, -0.15) is 0 Å². The molecule has 4 nitrogen and oxygen atoms in total. The van der Waals surface area contributed by atoms with Crippen LogP contribution in [0.25, 0.3) is 0 Å². The van der Waals surface area contributed by atoms with Crippen molar-refractivity contribution in [3.05, 3.63) is 28.2 Å². The largest absolute Gasteiger partial charge is 0.368 e. The number of hydrogen-bond donors (Lipinski definition) is 3. The summed E-state index contributed by atoms with van der Waals surface area (Å²) in [6, 6.07) is 4.34. The molecule has 0 saturated carbocycles. The molecule has 0 spiro atoms. The summed E-state index contributed by atoms with van der Waals surface area (Å²) in [6.07, 6.45) is 0. The molecule has 1 aromatic carbocycles. The quantitative estimate of drug-likeness (QED) is 0.737. The van der Waals surface area contributed by atoms with Gasteiger partial charge in [-0.3, -0.25) is 9.59 Å². The van der Waals surface area contributed by atoms with Gasteiger partial charge in [-0.05, 0) is 25.1 Å². The van der Waals surface area contributed by atoms with Gasteiger partial charge in [-0.25, -0.2) is 0 Å². The first-order valence-corrected chi connectivity index (χ1v) is 5.74. The molecule has 2 amide bonds. The monoisotopic (exact) mass is 302 g/mol. The van der Waals surface area contributed by atoms with Crippen LogP contribution in [0.3, 0.4) is 0 Å². The van der Waals surface area contributed by atoms with Gasteiger partial charge < -0.3 is 11.1 Å². The van der Waals surface area contributed by atoms with E-state index in [1.807, 2.05) is 0 Å². The summed E-state index contributed by atoms with van der Waals surface area (Å²) in [5.74, 6) is -0.949. The van der Waals surface area contributed by atoms with Crippen LogP contribution in [0.1, 0.15) is 17.3 Å². The third kappa shape index (κ3) is 3.24. The second-order valence-electron chi connectivity index (χ2n) is 3.26. The number of rotatable bonds is 3. The molecular formula is C10H11BrN2O2S. The van der Waals surface area contributed by atoms with Crippen molar-refractivity contribution in [3.8, 4) is 0 Å². The third-order valence-corrected chi connectivity index (χ3v) is 2.84. The molecule has 1 unspecified atom stereocenters. The number of nitrogens with two attached hydrogens (primary N) is 1. The van der Waals surface area contributed by atoms with Crippen molar-refractivity contribution in [2.45, 2.75) is 17.9 Å². The Labute approximate surface area is 107 Å². The summed E-state index contributed by atoms with van der Waals surface area (Å²) in [4.78, 5) is 23.0. The number of amides is 2. The Morgan fingerprint density at radius 3 is 2.62 bits per heavy atom. The van der Waals surface area contributed by atoms with Gasteiger partial charge >= 0.3 is 0 Å². The van der Waals surface area contributed by atoms with E-state index in [2.05, 4.69) is 33.9 Å². The SMILES string of the molecule is CC(NC(=O)c1ccc(Br)cc1S)C(N)=O. The fourth-order valence-corrected chi connectivity index (χ4v) is 1.90. The van der Waals surface area contributed by atoms with Crippen LogP contribution in [0.15, 0.2) is 27.6 Å². The Kier molecular flexibility index (Phi) is 4.37. The van der Waals surface area contributed by atoms with Crippen LogP contribution in [0.2, 0.25) is 0 Å². The van der Waals surface area contributed by atoms with Gasteiger partial charge in [-0.1, -0.05) is 15.9 Å². The first-order chi connectivity index (χ1) is 7.41. The highest BCUT2D eigenvalue weighted by Gasteiger charge is 2.15. The molecule has 0 aliphatic rings. The summed E-state index contributed by atoms with van der Waals surface area (Å²) in [6.45, 7) is 1.53. The van der Waals surface area contributed by atoms with Gasteiger partial charge in [0.2, 0.25) is 5.91 Å². The Balaban J connectivity index is 2.85. The lowest BCUT2D eigenvalue weighted by Gasteiger charge is -2.11. The molecule has 1 aromatic rings. The second-order valence-corrected chi connectivity index (χ2v) is 4.66. The van der Waals surface area contributed by atoms with E-state index in [4.69, 9.17) is 5.73 Å². The molecule has 0 aromatic heterocycles. The molecule has 0 aliphatic carbocycles. The van der Waals surface area contributed by atoms with E-state index in [1.54, 1.807) is 18.2 Å². The van der Waals surface area contributed by atoms with Crippen molar-refractivity contribution in [1.29, 1.82) is 0 Å². The lowest BCUT2D eigenvalue weighted by Crippen LogP contribution is -2.42. The molecule has 0 saturated heterocycles. The van der Waals surface area contributed by atoms with Gasteiger partial charge in [-0.15, -0.1) is 12.6 Å². The molecule has 86 valence electrons. The lowest BCUT2D eigenvalue weighted by atomic mass is 10.2. The van der Waals surface area contributed by atoms with Gasteiger partial charge in [0.25, 0.3) is 5.91 Å². The van der Waals surface area contributed by atoms with Crippen LogP contribution < -0.4 is 11.1 Å². The Bertz CT molecular complexity index is 437.